The van der Waals surface area contributed by atoms with Gasteiger partial charge in [0, 0.05) is 24.7 Å². The number of aromatic nitrogens is 1. The van der Waals surface area contributed by atoms with E-state index in [1.807, 2.05) is 0 Å². The van der Waals surface area contributed by atoms with E-state index in [4.69, 9.17) is 0 Å². The van der Waals surface area contributed by atoms with Crippen molar-refractivity contribution < 1.29 is 18.4 Å². The molecule has 29 heavy (non-hydrogen) atoms. The van der Waals surface area contributed by atoms with Crippen LogP contribution in [0, 0.1) is 11.6 Å². The summed E-state index contributed by atoms with van der Waals surface area (Å²) in [6, 6.07) is 8.45. The van der Waals surface area contributed by atoms with Gasteiger partial charge in [-0.15, -0.1) is 24.8 Å². The molecule has 1 aliphatic heterocycles. The number of hydrogen-bond acceptors (Lipinski definition) is 4. The zero-order valence-corrected chi connectivity index (χ0v) is 17.0. The third kappa shape index (κ3) is 6.62. The number of pyridine rings is 1. The van der Waals surface area contributed by atoms with E-state index >= 15 is 0 Å². The molecule has 10 heteroatoms. The van der Waals surface area contributed by atoms with Gasteiger partial charge in [-0.05, 0) is 42.8 Å². The Morgan fingerprint density at radius 2 is 1.93 bits per heavy atom. The molecule has 0 aliphatic carbocycles. The summed E-state index contributed by atoms with van der Waals surface area (Å²) in [4.78, 5) is 28.1. The first-order chi connectivity index (χ1) is 13.0. The van der Waals surface area contributed by atoms with Crippen LogP contribution in [0.15, 0.2) is 42.6 Å². The fourth-order valence-corrected chi connectivity index (χ4v) is 3.16. The van der Waals surface area contributed by atoms with Crippen LogP contribution in [0.4, 0.5) is 8.78 Å². The van der Waals surface area contributed by atoms with Crippen molar-refractivity contribution >= 4 is 36.6 Å². The van der Waals surface area contributed by atoms with Crippen LogP contribution >= 0.6 is 24.8 Å². The van der Waals surface area contributed by atoms with Crippen LogP contribution in [0.5, 0.6) is 0 Å². The lowest BCUT2D eigenvalue weighted by Crippen LogP contribution is -2.52. The molecule has 1 aliphatic rings. The number of halogens is 4. The molecule has 1 aromatic heterocycles. The molecular weight excluding hydrogens is 425 g/mol. The summed E-state index contributed by atoms with van der Waals surface area (Å²) in [5, 5.41) is 8.55. The summed E-state index contributed by atoms with van der Waals surface area (Å²) < 4.78 is 26.8. The zero-order chi connectivity index (χ0) is 19.2. The van der Waals surface area contributed by atoms with E-state index in [1.165, 1.54) is 18.3 Å². The molecule has 3 N–H and O–H groups in total. The van der Waals surface area contributed by atoms with Gasteiger partial charge in [0.15, 0.2) is 11.6 Å². The summed E-state index contributed by atoms with van der Waals surface area (Å²) in [6.45, 7) is 1.02. The summed E-state index contributed by atoms with van der Waals surface area (Å²) in [5.74, 6) is -2.74. The molecule has 2 unspecified atom stereocenters. The van der Waals surface area contributed by atoms with Crippen molar-refractivity contribution in [2.45, 2.75) is 18.4 Å². The van der Waals surface area contributed by atoms with Gasteiger partial charge in [0.2, 0.25) is 5.91 Å². The molecule has 0 saturated carbocycles. The molecule has 6 nitrogen and oxygen atoms in total. The largest absolute Gasteiger partial charge is 0.350 e. The third-order valence-electron chi connectivity index (χ3n) is 4.51. The molecule has 0 radical (unpaired) electrons. The molecule has 1 saturated heterocycles. The number of nitrogens with one attached hydrogen (secondary N) is 3. The maximum atomic E-state index is 13.6. The van der Waals surface area contributed by atoms with Crippen LogP contribution in [0.1, 0.15) is 28.4 Å². The van der Waals surface area contributed by atoms with Crippen LogP contribution in [-0.2, 0) is 4.79 Å². The second-order valence-corrected chi connectivity index (χ2v) is 6.34. The Labute approximate surface area is 179 Å². The predicted molar refractivity (Wildman–Crippen MR) is 110 cm³/mol. The van der Waals surface area contributed by atoms with E-state index in [1.54, 1.807) is 18.2 Å². The Kier molecular flexibility index (Phi) is 9.94. The van der Waals surface area contributed by atoms with Crippen molar-refractivity contribution in [1.29, 1.82) is 0 Å². The molecule has 2 heterocycles. The van der Waals surface area contributed by atoms with Gasteiger partial charge in [0.1, 0.15) is 5.69 Å². The summed E-state index contributed by atoms with van der Waals surface area (Å²) in [7, 11) is 0. The molecule has 3 rings (SSSR count). The first-order valence-corrected chi connectivity index (χ1v) is 8.69. The Morgan fingerprint density at radius 1 is 1.14 bits per heavy atom. The van der Waals surface area contributed by atoms with Crippen LogP contribution in [0.2, 0.25) is 0 Å². The number of carbonyl (C=O) groups is 2. The summed E-state index contributed by atoms with van der Waals surface area (Å²) in [6.07, 6.45) is 2.17. The van der Waals surface area contributed by atoms with E-state index in [0.717, 1.165) is 6.07 Å². The van der Waals surface area contributed by atoms with Crippen molar-refractivity contribution in [1.82, 2.24) is 20.9 Å². The predicted octanol–water partition coefficient (Wildman–Crippen LogP) is 2.20. The van der Waals surface area contributed by atoms with Crippen molar-refractivity contribution in [3.8, 4) is 0 Å². The Balaban J connectivity index is 0.00000210. The van der Waals surface area contributed by atoms with Gasteiger partial charge >= 0.3 is 0 Å². The molecular formula is C19H22Cl2F2N4O2. The number of carbonyl (C=O) groups excluding carboxylic acids is 2. The minimum absolute atomic E-state index is 0. The van der Waals surface area contributed by atoms with Crippen molar-refractivity contribution in [3.63, 3.8) is 0 Å². The van der Waals surface area contributed by atoms with Gasteiger partial charge in [-0.1, -0.05) is 12.1 Å². The third-order valence-corrected chi connectivity index (χ3v) is 4.51. The highest BCUT2D eigenvalue weighted by Gasteiger charge is 2.28. The topological polar surface area (TPSA) is 83.1 Å². The lowest BCUT2D eigenvalue weighted by Gasteiger charge is -2.33. The number of benzene rings is 1. The zero-order valence-electron chi connectivity index (χ0n) is 15.4. The van der Waals surface area contributed by atoms with Gasteiger partial charge in [-0.2, -0.15) is 0 Å². The fraction of sp³-hybridized carbons (Fsp3) is 0.316. The average molecular weight is 447 g/mol. The standard InChI is InChI=1S/C19H20F2N4O2.2ClH/c20-14-5-4-12(9-15(14)21)13-6-8-22-10-17(13)25-18(26)11-24-19(27)16-3-1-2-7-23-16;;/h1-5,7,9,13,17,22H,6,8,10-11H2,(H,24,27)(H,25,26);2*1H. The molecule has 0 spiro atoms. The SMILES string of the molecule is Cl.Cl.O=C(CNC(=O)c1ccccn1)NC1CNCCC1c1ccc(F)c(F)c1. The van der Waals surface area contributed by atoms with E-state index in [0.29, 0.717) is 25.1 Å². The Hall–Kier alpha value is -2.29. The molecule has 1 aromatic carbocycles. The summed E-state index contributed by atoms with van der Waals surface area (Å²) in [5.41, 5.74) is 0.863. The minimum Gasteiger partial charge on any atom is -0.350 e. The second-order valence-electron chi connectivity index (χ2n) is 6.34. The van der Waals surface area contributed by atoms with Crippen molar-refractivity contribution in [2.24, 2.45) is 0 Å². The van der Waals surface area contributed by atoms with Crippen LogP contribution in [-0.4, -0.2) is 42.5 Å². The lowest BCUT2D eigenvalue weighted by atomic mass is 9.86. The Bertz CT molecular complexity index is 827. The van der Waals surface area contributed by atoms with Gasteiger partial charge in [0.05, 0.1) is 6.54 Å². The van der Waals surface area contributed by atoms with E-state index < -0.39 is 17.5 Å². The first kappa shape index (κ1) is 24.7. The molecule has 158 valence electrons. The number of amides is 2. The monoisotopic (exact) mass is 446 g/mol. The van der Waals surface area contributed by atoms with Crippen molar-refractivity contribution in [3.05, 3.63) is 65.5 Å². The summed E-state index contributed by atoms with van der Waals surface area (Å²) >= 11 is 0. The lowest BCUT2D eigenvalue weighted by molar-refractivity contribution is -0.121. The number of piperidine rings is 1. The van der Waals surface area contributed by atoms with Gasteiger partial charge in [0.25, 0.3) is 5.91 Å². The second kappa shape index (κ2) is 11.6. The van der Waals surface area contributed by atoms with Gasteiger partial charge in [-0.25, -0.2) is 8.78 Å². The van der Waals surface area contributed by atoms with Crippen LogP contribution in [0.3, 0.4) is 0 Å². The minimum atomic E-state index is -0.904. The van der Waals surface area contributed by atoms with E-state index in [-0.39, 0.29) is 54.9 Å². The highest BCUT2D eigenvalue weighted by Crippen LogP contribution is 2.26. The van der Waals surface area contributed by atoms with Gasteiger partial charge in [-0.3, -0.25) is 14.6 Å². The molecule has 2 atom stereocenters. The maximum absolute atomic E-state index is 13.6. The number of nitrogens with zero attached hydrogens (tertiary/aromatic N) is 1. The van der Waals surface area contributed by atoms with E-state index in [9.17, 15) is 18.4 Å². The maximum Gasteiger partial charge on any atom is 0.270 e. The first-order valence-electron chi connectivity index (χ1n) is 8.69. The van der Waals surface area contributed by atoms with Crippen LogP contribution in [0.25, 0.3) is 0 Å². The smallest absolute Gasteiger partial charge is 0.270 e. The fourth-order valence-electron chi connectivity index (χ4n) is 3.16. The molecule has 2 aromatic rings. The Morgan fingerprint density at radius 3 is 2.62 bits per heavy atom. The highest BCUT2D eigenvalue weighted by molar-refractivity contribution is 5.94. The average Bonchev–Trinajstić information content (AvgIpc) is 2.69. The molecule has 1 fully saturated rings. The molecule has 2 amide bonds. The molecule has 0 bridgehead atoms. The number of hydrogen-bond donors (Lipinski definition) is 3. The highest BCUT2D eigenvalue weighted by atomic mass is 35.5. The van der Waals surface area contributed by atoms with Crippen LogP contribution < -0.4 is 16.0 Å². The number of rotatable bonds is 5. The van der Waals surface area contributed by atoms with Crippen molar-refractivity contribution in [2.75, 3.05) is 19.6 Å². The quantitative estimate of drug-likeness (QED) is 0.657. The van der Waals surface area contributed by atoms with E-state index in [2.05, 4.69) is 20.9 Å². The van der Waals surface area contributed by atoms with Gasteiger partial charge < -0.3 is 16.0 Å². The normalized spacial score (nSPS) is 18.0.